The molecule has 0 aromatic carbocycles. The maximum Gasteiger partial charge on any atom is 0.244 e. The van der Waals surface area contributed by atoms with E-state index in [1.807, 2.05) is 19.9 Å². The van der Waals surface area contributed by atoms with Gasteiger partial charge in [0, 0.05) is 12.0 Å². The molecule has 2 aliphatic heterocycles. The van der Waals surface area contributed by atoms with Crippen LogP contribution in [0.3, 0.4) is 0 Å². The van der Waals surface area contributed by atoms with Gasteiger partial charge in [0.15, 0.2) is 14.0 Å². The lowest BCUT2D eigenvalue weighted by atomic mass is 9.91. The fourth-order valence-corrected chi connectivity index (χ4v) is 5.41. The van der Waals surface area contributed by atoms with Gasteiger partial charge in [0.2, 0.25) is 5.91 Å². The van der Waals surface area contributed by atoms with E-state index >= 15 is 0 Å². The smallest absolute Gasteiger partial charge is 0.244 e. The Kier molecular flexibility index (Phi) is 4.15. The molecule has 1 amide bonds. The maximum absolute atomic E-state index is 12.6. The molecular formula is C16H29NO3Si. The molecule has 21 heavy (non-hydrogen) atoms. The predicted molar refractivity (Wildman–Crippen MR) is 86.5 cm³/mol. The second-order valence-corrected chi connectivity index (χ2v) is 12.9. The summed E-state index contributed by atoms with van der Waals surface area (Å²) >= 11 is 0. The number of hydrogen-bond acceptors (Lipinski definition) is 3. The molecule has 1 atom stereocenters. The van der Waals surface area contributed by atoms with Crippen molar-refractivity contribution in [3.05, 3.63) is 11.6 Å². The minimum absolute atomic E-state index is 0.131. The van der Waals surface area contributed by atoms with Crippen LogP contribution in [-0.2, 0) is 14.3 Å². The van der Waals surface area contributed by atoms with E-state index in [0.29, 0.717) is 13.2 Å². The van der Waals surface area contributed by atoms with Crippen LogP contribution < -0.4 is 0 Å². The van der Waals surface area contributed by atoms with Gasteiger partial charge in [-0.3, -0.25) is 4.79 Å². The van der Waals surface area contributed by atoms with E-state index in [-0.39, 0.29) is 17.0 Å². The topological polar surface area (TPSA) is 38.8 Å². The number of nitrogens with zero attached hydrogens (tertiary/aromatic N) is 1. The Labute approximate surface area is 129 Å². The average molecular weight is 311 g/mol. The Morgan fingerprint density at radius 2 is 1.86 bits per heavy atom. The molecule has 120 valence electrons. The highest BCUT2D eigenvalue weighted by atomic mass is 28.3. The molecule has 5 heteroatoms. The molecule has 0 aromatic heterocycles. The first-order valence-electron chi connectivity index (χ1n) is 7.81. The molecule has 2 rings (SSSR count). The second kappa shape index (κ2) is 5.21. The zero-order valence-electron chi connectivity index (χ0n) is 14.4. The standard InChI is InChI=1S/C16H29NO3Si/c1-8-12-13(11-16(5)19-9-10-20-16)17(14(12)18)21(6,7)15(2,3)4/h8,13H,9-11H2,1-7H3/b12-8-. The number of rotatable bonds is 3. The molecule has 2 heterocycles. The minimum atomic E-state index is -1.88. The van der Waals surface area contributed by atoms with Crippen LogP contribution in [0, 0.1) is 0 Å². The summed E-state index contributed by atoms with van der Waals surface area (Å²) < 4.78 is 13.7. The van der Waals surface area contributed by atoms with Crippen molar-refractivity contribution in [3.63, 3.8) is 0 Å². The molecule has 0 spiro atoms. The van der Waals surface area contributed by atoms with Gasteiger partial charge in [-0.15, -0.1) is 0 Å². The number of ether oxygens (including phenoxy) is 2. The first-order valence-corrected chi connectivity index (χ1v) is 10.8. The van der Waals surface area contributed by atoms with Crippen LogP contribution in [0.15, 0.2) is 11.6 Å². The lowest BCUT2D eigenvalue weighted by Crippen LogP contribution is -2.70. The van der Waals surface area contributed by atoms with Gasteiger partial charge in [0.05, 0.1) is 19.3 Å². The van der Waals surface area contributed by atoms with E-state index in [9.17, 15) is 4.79 Å². The van der Waals surface area contributed by atoms with Crippen LogP contribution in [0.4, 0.5) is 0 Å². The van der Waals surface area contributed by atoms with Gasteiger partial charge in [0.1, 0.15) is 0 Å². The molecule has 2 aliphatic rings. The first kappa shape index (κ1) is 16.7. The van der Waals surface area contributed by atoms with Gasteiger partial charge in [0.25, 0.3) is 0 Å². The third-order valence-corrected chi connectivity index (χ3v) is 10.7. The van der Waals surface area contributed by atoms with Crippen molar-refractivity contribution < 1.29 is 14.3 Å². The van der Waals surface area contributed by atoms with Crippen LogP contribution in [0.5, 0.6) is 0 Å². The normalized spacial score (nSPS) is 28.1. The molecule has 0 N–H and O–H groups in total. The number of allylic oxidation sites excluding steroid dienone is 1. The van der Waals surface area contributed by atoms with E-state index in [1.165, 1.54) is 0 Å². The molecule has 4 nitrogen and oxygen atoms in total. The lowest BCUT2D eigenvalue weighted by Gasteiger charge is -2.57. The number of β-lactam (4-membered cyclic amide) rings is 1. The zero-order valence-corrected chi connectivity index (χ0v) is 15.4. The molecule has 0 aromatic rings. The zero-order chi connectivity index (χ0) is 16.1. The summed E-state index contributed by atoms with van der Waals surface area (Å²) in [4.78, 5) is 12.6. The number of amides is 1. The molecule has 1 unspecified atom stereocenters. The molecule has 0 radical (unpaired) electrons. The fraction of sp³-hybridized carbons (Fsp3) is 0.812. The largest absolute Gasteiger partial charge is 0.358 e. The summed E-state index contributed by atoms with van der Waals surface area (Å²) in [7, 11) is -1.88. The van der Waals surface area contributed by atoms with Crippen molar-refractivity contribution in [2.75, 3.05) is 13.2 Å². The maximum atomic E-state index is 12.6. The van der Waals surface area contributed by atoms with E-state index < -0.39 is 14.0 Å². The highest BCUT2D eigenvalue weighted by Crippen LogP contribution is 2.46. The summed E-state index contributed by atoms with van der Waals surface area (Å²) in [6.07, 6.45) is 2.68. The third-order valence-electron chi connectivity index (χ3n) is 5.35. The average Bonchev–Trinajstić information content (AvgIpc) is 2.74. The van der Waals surface area contributed by atoms with Gasteiger partial charge in [-0.05, 0) is 18.9 Å². The van der Waals surface area contributed by atoms with Crippen molar-refractivity contribution in [3.8, 4) is 0 Å². The van der Waals surface area contributed by atoms with Gasteiger partial charge < -0.3 is 14.0 Å². The van der Waals surface area contributed by atoms with Crippen LogP contribution in [0.2, 0.25) is 18.1 Å². The Morgan fingerprint density at radius 1 is 1.33 bits per heavy atom. The van der Waals surface area contributed by atoms with Gasteiger partial charge in [-0.25, -0.2) is 0 Å². The summed E-state index contributed by atoms with van der Waals surface area (Å²) in [6.45, 7) is 16.5. The van der Waals surface area contributed by atoms with Crippen molar-refractivity contribution in [1.29, 1.82) is 0 Å². The predicted octanol–water partition coefficient (Wildman–Crippen LogP) is 3.30. The highest BCUT2D eigenvalue weighted by molar-refractivity contribution is 6.80. The van der Waals surface area contributed by atoms with Crippen LogP contribution in [0.1, 0.15) is 41.0 Å². The van der Waals surface area contributed by atoms with Gasteiger partial charge in [-0.1, -0.05) is 39.9 Å². The monoisotopic (exact) mass is 311 g/mol. The molecule has 0 saturated carbocycles. The Bertz CT molecular complexity index is 459. The van der Waals surface area contributed by atoms with Crippen molar-refractivity contribution in [1.82, 2.24) is 4.57 Å². The van der Waals surface area contributed by atoms with Crippen LogP contribution in [-0.4, -0.2) is 43.8 Å². The third kappa shape index (κ3) is 2.71. The van der Waals surface area contributed by atoms with Crippen LogP contribution in [0.25, 0.3) is 0 Å². The highest BCUT2D eigenvalue weighted by Gasteiger charge is 2.56. The quantitative estimate of drug-likeness (QED) is 0.456. The van der Waals surface area contributed by atoms with E-state index in [1.54, 1.807) is 0 Å². The van der Waals surface area contributed by atoms with Crippen molar-refractivity contribution in [2.45, 2.75) is 71.0 Å². The van der Waals surface area contributed by atoms with Crippen molar-refractivity contribution >= 4 is 14.1 Å². The molecule has 0 aliphatic carbocycles. The van der Waals surface area contributed by atoms with E-state index in [4.69, 9.17) is 9.47 Å². The SMILES string of the molecule is C/C=C1\C(=O)N([Si](C)(C)C(C)(C)C)C1CC1(C)OCCO1. The van der Waals surface area contributed by atoms with Crippen molar-refractivity contribution in [2.24, 2.45) is 0 Å². The Hall–Kier alpha value is -0.653. The number of carbonyl (C=O) groups excluding carboxylic acids is 1. The molecular weight excluding hydrogens is 282 g/mol. The summed E-state index contributed by atoms with van der Waals surface area (Å²) in [6, 6.07) is 0.131. The minimum Gasteiger partial charge on any atom is -0.358 e. The fourth-order valence-electron chi connectivity index (χ4n) is 3.04. The van der Waals surface area contributed by atoms with Gasteiger partial charge in [-0.2, -0.15) is 0 Å². The number of carbonyl (C=O) groups is 1. The lowest BCUT2D eigenvalue weighted by molar-refractivity contribution is -0.161. The first-order chi connectivity index (χ1) is 9.53. The summed E-state index contributed by atoms with van der Waals surface area (Å²) in [5.41, 5.74) is 0.917. The molecule has 2 fully saturated rings. The van der Waals surface area contributed by atoms with E-state index in [2.05, 4.69) is 38.4 Å². The summed E-state index contributed by atoms with van der Waals surface area (Å²) in [5.74, 6) is -0.351. The number of hydrogen-bond donors (Lipinski definition) is 0. The summed E-state index contributed by atoms with van der Waals surface area (Å²) in [5, 5.41) is 0.137. The Morgan fingerprint density at radius 3 is 2.29 bits per heavy atom. The Balaban J connectivity index is 2.26. The van der Waals surface area contributed by atoms with Gasteiger partial charge >= 0.3 is 0 Å². The van der Waals surface area contributed by atoms with E-state index in [0.717, 1.165) is 12.0 Å². The van der Waals surface area contributed by atoms with Crippen LogP contribution >= 0.6 is 0 Å². The molecule has 0 bridgehead atoms. The second-order valence-electron chi connectivity index (χ2n) is 7.78. The molecule has 2 saturated heterocycles.